The van der Waals surface area contributed by atoms with Crippen LogP contribution in [0.25, 0.3) is 0 Å². The molecule has 11 heavy (non-hydrogen) atoms. The van der Waals surface area contributed by atoms with Crippen molar-refractivity contribution in [3.05, 3.63) is 11.6 Å². The first-order valence-electron chi connectivity index (χ1n) is 3.87. The fourth-order valence-corrected chi connectivity index (χ4v) is 1.61. The zero-order chi connectivity index (χ0) is 7.68. The third kappa shape index (κ3) is 0.964. The minimum absolute atomic E-state index is 0.768. The molecule has 0 radical (unpaired) electrons. The number of hydrogen-bond donors (Lipinski definition) is 1. The molecule has 0 atom stereocenters. The van der Waals surface area contributed by atoms with Gasteiger partial charge in [-0.15, -0.1) is 0 Å². The molecule has 1 heterocycles. The van der Waals surface area contributed by atoms with Gasteiger partial charge in [0.1, 0.15) is 0 Å². The lowest BCUT2D eigenvalue weighted by Gasteiger charge is -2.14. The maximum Gasteiger partial charge on any atom is 0.0883 e. The number of rotatable bonds is 0. The molecule has 0 bridgehead atoms. The average Bonchev–Trinajstić information content (AvgIpc) is 2.50. The number of aliphatic imine (C=N–C) groups is 1. The van der Waals surface area contributed by atoms with Gasteiger partial charge in [0, 0.05) is 11.3 Å². The van der Waals surface area contributed by atoms with E-state index in [2.05, 4.69) is 10.1 Å². The first-order valence-corrected chi connectivity index (χ1v) is 3.87. The number of oxime groups is 1. The van der Waals surface area contributed by atoms with Gasteiger partial charge in [-0.25, -0.2) is 0 Å². The SMILES string of the molecule is ON=C1CCCC2=NCC=C12. The molecular weight excluding hydrogens is 140 g/mol. The summed E-state index contributed by atoms with van der Waals surface area (Å²) in [5.41, 5.74) is 3.02. The standard InChI is InChI=1S/C8H10N2O/c11-10-8-3-1-2-7-6(8)4-5-9-7/h4,11H,1-3,5H2. The van der Waals surface area contributed by atoms with Crippen LogP contribution in [0, 0.1) is 0 Å². The summed E-state index contributed by atoms with van der Waals surface area (Å²) in [6.45, 7) is 0.768. The Morgan fingerprint density at radius 3 is 3.18 bits per heavy atom. The quantitative estimate of drug-likeness (QED) is 0.411. The van der Waals surface area contributed by atoms with Gasteiger partial charge in [-0.2, -0.15) is 0 Å². The summed E-state index contributed by atoms with van der Waals surface area (Å²) in [4.78, 5) is 4.29. The Morgan fingerprint density at radius 2 is 2.36 bits per heavy atom. The van der Waals surface area contributed by atoms with Crippen molar-refractivity contribution < 1.29 is 5.21 Å². The molecule has 1 aliphatic carbocycles. The molecule has 3 nitrogen and oxygen atoms in total. The Labute approximate surface area is 65.1 Å². The highest BCUT2D eigenvalue weighted by Crippen LogP contribution is 2.22. The molecule has 1 fully saturated rings. The van der Waals surface area contributed by atoms with Crippen molar-refractivity contribution in [1.29, 1.82) is 0 Å². The van der Waals surface area contributed by atoms with Crippen LogP contribution in [-0.4, -0.2) is 23.2 Å². The predicted octanol–water partition coefficient (Wildman–Crippen LogP) is 1.38. The van der Waals surface area contributed by atoms with E-state index in [1.807, 2.05) is 6.08 Å². The molecule has 1 saturated carbocycles. The summed E-state index contributed by atoms with van der Waals surface area (Å²) in [6, 6.07) is 0. The highest BCUT2D eigenvalue weighted by atomic mass is 16.4. The highest BCUT2D eigenvalue weighted by molar-refractivity contribution is 6.26. The summed E-state index contributed by atoms with van der Waals surface area (Å²) < 4.78 is 0. The molecule has 2 aliphatic rings. The number of nitrogens with zero attached hydrogens (tertiary/aromatic N) is 2. The molecule has 0 aromatic rings. The van der Waals surface area contributed by atoms with Gasteiger partial charge >= 0.3 is 0 Å². The third-order valence-corrected chi connectivity index (χ3v) is 2.15. The second-order valence-electron chi connectivity index (χ2n) is 2.81. The molecule has 0 amide bonds. The highest BCUT2D eigenvalue weighted by Gasteiger charge is 2.21. The van der Waals surface area contributed by atoms with Crippen molar-refractivity contribution in [1.82, 2.24) is 0 Å². The molecular formula is C8H10N2O. The molecule has 3 heteroatoms. The van der Waals surface area contributed by atoms with Crippen LogP contribution in [0.2, 0.25) is 0 Å². The lowest BCUT2D eigenvalue weighted by atomic mass is 9.92. The molecule has 0 aromatic heterocycles. The van der Waals surface area contributed by atoms with E-state index in [9.17, 15) is 0 Å². The predicted molar refractivity (Wildman–Crippen MR) is 43.5 cm³/mol. The lowest BCUT2D eigenvalue weighted by molar-refractivity contribution is 0.317. The van der Waals surface area contributed by atoms with Crippen LogP contribution >= 0.6 is 0 Å². The maximum atomic E-state index is 8.63. The van der Waals surface area contributed by atoms with Crippen LogP contribution in [0.3, 0.4) is 0 Å². The summed E-state index contributed by atoms with van der Waals surface area (Å²) in [6.07, 6.45) is 5.03. The van der Waals surface area contributed by atoms with E-state index < -0.39 is 0 Å². The first kappa shape index (κ1) is 6.58. The van der Waals surface area contributed by atoms with E-state index in [-0.39, 0.29) is 0 Å². The number of hydrogen-bond acceptors (Lipinski definition) is 3. The second kappa shape index (κ2) is 2.49. The van der Waals surface area contributed by atoms with E-state index in [1.165, 1.54) is 0 Å². The summed E-state index contributed by atoms with van der Waals surface area (Å²) in [5, 5.41) is 11.9. The largest absolute Gasteiger partial charge is 0.411 e. The van der Waals surface area contributed by atoms with Crippen molar-refractivity contribution in [3.8, 4) is 0 Å². The monoisotopic (exact) mass is 150 g/mol. The van der Waals surface area contributed by atoms with Gasteiger partial charge in [-0.1, -0.05) is 11.2 Å². The number of allylic oxidation sites excluding steroid dienone is 1. The van der Waals surface area contributed by atoms with E-state index in [4.69, 9.17) is 5.21 Å². The lowest BCUT2D eigenvalue weighted by Crippen LogP contribution is -2.16. The zero-order valence-electron chi connectivity index (χ0n) is 6.25. The summed E-state index contributed by atoms with van der Waals surface area (Å²) in [7, 11) is 0. The minimum atomic E-state index is 0.768. The molecule has 0 aromatic carbocycles. The Hall–Kier alpha value is -1.12. The Balaban J connectivity index is 2.34. The fourth-order valence-electron chi connectivity index (χ4n) is 1.61. The Kier molecular flexibility index (Phi) is 1.49. The smallest absolute Gasteiger partial charge is 0.0883 e. The molecule has 1 aliphatic heterocycles. The van der Waals surface area contributed by atoms with Crippen LogP contribution in [0.1, 0.15) is 19.3 Å². The van der Waals surface area contributed by atoms with Gasteiger partial charge in [0.2, 0.25) is 0 Å². The van der Waals surface area contributed by atoms with Crippen LogP contribution in [-0.2, 0) is 0 Å². The zero-order valence-corrected chi connectivity index (χ0v) is 6.25. The van der Waals surface area contributed by atoms with Gasteiger partial charge in [-0.3, -0.25) is 4.99 Å². The molecule has 2 rings (SSSR count). The van der Waals surface area contributed by atoms with Crippen molar-refractivity contribution in [2.24, 2.45) is 10.1 Å². The third-order valence-electron chi connectivity index (χ3n) is 2.15. The van der Waals surface area contributed by atoms with E-state index >= 15 is 0 Å². The van der Waals surface area contributed by atoms with Crippen molar-refractivity contribution in [2.45, 2.75) is 19.3 Å². The van der Waals surface area contributed by atoms with E-state index in [1.54, 1.807) is 0 Å². The second-order valence-corrected chi connectivity index (χ2v) is 2.81. The van der Waals surface area contributed by atoms with E-state index in [0.29, 0.717) is 0 Å². The summed E-state index contributed by atoms with van der Waals surface area (Å²) >= 11 is 0. The van der Waals surface area contributed by atoms with Crippen LogP contribution in [0.15, 0.2) is 21.8 Å². The maximum absolute atomic E-state index is 8.63. The van der Waals surface area contributed by atoms with Gasteiger partial charge in [0.05, 0.1) is 12.3 Å². The summed E-state index contributed by atoms with van der Waals surface area (Å²) in [5.74, 6) is 0. The van der Waals surface area contributed by atoms with Crippen molar-refractivity contribution in [2.75, 3.05) is 6.54 Å². The first-order chi connectivity index (χ1) is 5.42. The fraction of sp³-hybridized carbons (Fsp3) is 0.500. The molecule has 0 spiro atoms. The van der Waals surface area contributed by atoms with Crippen LogP contribution in [0.4, 0.5) is 0 Å². The number of fused-ring (bicyclic) bond motifs is 1. The molecule has 0 saturated heterocycles. The molecule has 1 N–H and O–H groups in total. The average molecular weight is 150 g/mol. The molecule has 58 valence electrons. The van der Waals surface area contributed by atoms with Crippen LogP contribution in [0.5, 0.6) is 0 Å². The van der Waals surface area contributed by atoms with Gasteiger partial charge in [0.25, 0.3) is 0 Å². The Bertz CT molecular complexity index is 263. The minimum Gasteiger partial charge on any atom is -0.411 e. The normalized spacial score (nSPS) is 26.4. The topological polar surface area (TPSA) is 45.0 Å². The molecule has 0 unspecified atom stereocenters. The van der Waals surface area contributed by atoms with Gasteiger partial charge in [0.15, 0.2) is 0 Å². The Morgan fingerprint density at radius 1 is 1.45 bits per heavy atom. The van der Waals surface area contributed by atoms with Crippen LogP contribution < -0.4 is 0 Å². The van der Waals surface area contributed by atoms with E-state index in [0.717, 1.165) is 42.8 Å². The van der Waals surface area contributed by atoms with Gasteiger partial charge < -0.3 is 5.21 Å². The van der Waals surface area contributed by atoms with Crippen molar-refractivity contribution >= 4 is 11.4 Å². The van der Waals surface area contributed by atoms with Crippen molar-refractivity contribution in [3.63, 3.8) is 0 Å². The van der Waals surface area contributed by atoms with Gasteiger partial charge in [-0.05, 0) is 19.3 Å².